The monoisotopic (exact) mass is 296 g/mol. The minimum absolute atomic E-state index is 0.00736. The molecule has 1 aliphatic carbocycles. The minimum atomic E-state index is -0.893. The first-order chi connectivity index (χ1) is 10.0. The predicted molar refractivity (Wildman–Crippen MR) is 76.5 cm³/mol. The van der Waals surface area contributed by atoms with Crippen molar-refractivity contribution < 1.29 is 19.5 Å². The summed E-state index contributed by atoms with van der Waals surface area (Å²) in [6.07, 6.45) is 3.57. The molecule has 0 aromatic heterocycles. The van der Waals surface area contributed by atoms with Crippen molar-refractivity contribution >= 4 is 17.8 Å². The van der Waals surface area contributed by atoms with Crippen LogP contribution < -0.4 is 0 Å². The zero-order valence-corrected chi connectivity index (χ0v) is 12.6. The van der Waals surface area contributed by atoms with Crippen molar-refractivity contribution in [1.82, 2.24) is 9.80 Å². The van der Waals surface area contributed by atoms with Crippen LogP contribution in [0.4, 0.5) is 0 Å². The predicted octanol–water partition coefficient (Wildman–Crippen LogP) is 0.958. The number of rotatable bonds is 6. The number of hydrogen-bond acceptors (Lipinski definition) is 3. The Morgan fingerprint density at radius 3 is 2.48 bits per heavy atom. The number of aliphatic carboxylic acids is 1. The van der Waals surface area contributed by atoms with E-state index in [1.165, 1.54) is 0 Å². The molecule has 0 aromatic carbocycles. The molecule has 0 radical (unpaired) electrons. The number of piperidine rings is 1. The van der Waals surface area contributed by atoms with E-state index in [1.807, 2.05) is 11.8 Å². The molecular formula is C15H24N2O4. The molecular weight excluding hydrogens is 272 g/mol. The van der Waals surface area contributed by atoms with E-state index in [0.29, 0.717) is 13.1 Å². The molecule has 1 N–H and O–H groups in total. The van der Waals surface area contributed by atoms with Gasteiger partial charge in [0.05, 0.1) is 12.3 Å². The van der Waals surface area contributed by atoms with Crippen molar-refractivity contribution in [3.05, 3.63) is 0 Å². The van der Waals surface area contributed by atoms with Crippen molar-refractivity contribution in [2.45, 2.75) is 39.0 Å². The lowest BCUT2D eigenvalue weighted by atomic mass is 9.96. The first-order valence-corrected chi connectivity index (χ1v) is 7.82. The Balaban J connectivity index is 1.90. The van der Waals surface area contributed by atoms with Gasteiger partial charge in [-0.1, -0.05) is 0 Å². The zero-order valence-electron chi connectivity index (χ0n) is 12.6. The molecule has 2 amide bonds. The minimum Gasteiger partial charge on any atom is -0.481 e. The van der Waals surface area contributed by atoms with Gasteiger partial charge >= 0.3 is 5.97 Å². The molecule has 21 heavy (non-hydrogen) atoms. The van der Waals surface area contributed by atoms with Crippen molar-refractivity contribution in [1.29, 1.82) is 0 Å². The highest BCUT2D eigenvalue weighted by Gasteiger charge is 2.37. The molecule has 1 saturated carbocycles. The molecule has 1 heterocycles. The van der Waals surface area contributed by atoms with E-state index in [9.17, 15) is 14.4 Å². The Hall–Kier alpha value is -1.59. The van der Waals surface area contributed by atoms with Gasteiger partial charge in [-0.2, -0.15) is 0 Å². The fourth-order valence-electron chi connectivity index (χ4n) is 2.88. The van der Waals surface area contributed by atoms with Crippen LogP contribution in [0.5, 0.6) is 0 Å². The highest BCUT2D eigenvalue weighted by atomic mass is 16.4. The van der Waals surface area contributed by atoms with Gasteiger partial charge in [0.15, 0.2) is 0 Å². The molecule has 1 aliphatic heterocycles. The van der Waals surface area contributed by atoms with Gasteiger partial charge in [-0.25, -0.2) is 0 Å². The zero-order chi connectivity index (χ0) is 15.4. The number of likely N-dealkylation sites (tertiary alicyclic amines) is 1. The summed E-state index contributed by atoms with van der Waals surface area (Å²) in [5, 5.41) is 8.74. The van der Waals surface area contributed by atoms with Gasteiger partial charge in [0, 0.05) is 32.1 Å². The van der Waals surface area contributed by atoms with Crippen LogP contribution in [0.2, 0.25) is 0 Å². The lowest BCUT2D eigenvalue weighted by Crippen LogP contribution is -2.47. The number of hydrogen-bond donors (Lipinski definition) is 1. The summed E-state index contributed by atoms with van der Waals surface area (Å²) < 4.78 is 0. The Morgan fingerprint density at radius 2 is 1.90 bits per heavy atom. The largest absolute Gasteiger partial charge is 0.481 e. The van der Waals surface area contributed by atoms with Crippen LogP contribution in [0.1, 0.15) is 39.0 Å². The van der Waals surface area contributed by atoms with Crippen molar-refractivity contribution in [2.75, 3.05) is 26.2 Å². The molecule has 1 unspecified atom stereocenters. The van der Waals surface area contributed by atoms with Crippen LogP contribution in [-0.4, -0.2) is 58.9 Å². The van der Waals surface area contributed by atoms with Crippen LogP contribution in [0.3, 0.4) is 0 Å². The third kappa shape index (κ3) is 4.19. The van der Waals surface area contributed by atoms with Gasteiger partial charge in [-0.3, -0.25) is 14.4 Å². The standard InChI is InChI=1S/C15H24N2O4/c1-2-16(9-7-13(18)19)15(21)12-4-3-8-17(10-12)14(20)11-5-6-11/h11-12H,2-10H2,1H3,(H,18,19). The van der Waals surface area contributed by atoms with Crippen LogP contribution in [-0.2, 0) is 14.4 Å². The van der Waals surface area contributed by atoms with Gasteiger partial charge in [0.2, 0.25) is 11.8 Å². The van der Waals surface area contributed by atoms with E-state index in [1.54, 1.807) is 4.90 Å². The SMILES string of the molecule is CCN(CCC(=O)O)C(=O)C1CCCN(C(=O)C2CC2)C1. The highest BCUT2D eigenvalue weighted by Crippen LogP contribution is 2.32. The average molecular weight is 296 g/mol. The summed E-state index contributed by atoms with van der Waals surface area (Å²) in [7, 11) is 0. The van der Waals surface area contributed by atoms with E-state index in [0.717, 1.165) is 32.2 Å². The molecule has 0 aromatic rings. The maximum absolute atomic E-state index is 12.5. The van der Waals surface area contributed by atoms with Gasteiger partial charge < -0.3 is 14.9 Å². The van der Waals surface area contributed by atoms with Crippen molar-refractivity contribution in [3.63, 3.8) is 0 Å². The maximum Gasteiger partial charge on any atom is 0.305 e. The number of nitrogens with zero attached hydrogens (tertiary/aromatic N) is 2. The summed E-state index contributed by atoms with van der Waals surface area (Å²) in [5.74, 6) is -0.688. The van der Waals surface area contributed by atoms with Crippen LogP contribution in [0.15, 0.2) is 0 Å². The maximum atomic E-state index is 12.5. The summed E-state index contributed by atoms with van der Waals surface area (Å²) in [4.78, 5) is 38.7. The lowest BCUT2D eigenvalue weighted by Gasteiger charge is -2.34. The summed E-state index contributed by atoms with van der Waals surface area (Å²) in [5.41, 5.74) is 0. The normalized spacial score (nSPS) is 22.0. The topological polar surface area (TPSA) is 77.9 Å². The van der Waals surface area contributed by atoms with E-state index in [-0.39, 0.29) is 36.6 Å². The summed E-state index contributed by atoms with van der Waals surface area (Å²) in [6, 6.07) is 0. The smallest absolute Gasteiger partial charge is 0.305 e. The third-order valence-corrected chi connectivity index (χ3v) is 4.30. The van der Waals surface area contributed by atoms with Crippen molar-refractivity contribution in [2.24, 2.45) is 11.8 Å². The molecule has 6 nitrogen and oxygen atoms in total. The van der Waals surface area contributed by atoms with Crippen LogP contribution >= 0.6 is 0 Å². The fourth-order valence-corrected chi connectivity index (χ4v) is 2.88. The van der Waals surface area contributed by atoms with E-state index >= 15 is 0 Å². The molecule has 1 saturated heterocycles. The first-order valence-electron chi connectivity index (χ1n) is 7.82. The second-order valence-electron chi connectivity index (χ2n) is 5.96. The van der Waals surface area contributed by atoms with E-state index in [2.05, 4.69) is 0 Å². The molecule has 2 rings (SSSR count). The van der Waals surface area contributed by atoms with Crippen molar-refractivity contribution in [3.8, 4) is 0 Å². The van der Waals surface area contributed by atoms with Gasteiger partial charge in [-0.15, -0.1) is 0 Å². The molecule has 118 valence electrons. The second kappa shape index (κ2) is 6.91. The first kappa shape index (κ1) is 15.8. The highest BCUT2D eigenvalue weighted by molar-refractivity contribution is 5.83. The Labute approximate surface area is 125 Å². The average Bonchev–Trinajstić information content (AvgIpc) is 3.31. The number of carbonyl (C=O) groups excluding carboxylic acids is 2. The second-order valence-corrected chi connectivity index (χ2v) is 5.96. The Bertz CT molecular complexity index is 420. The number of amides is 2. The van der Waals surface area contributed by atoms with E-state index < -0.39 is 5.97 Å². The third-order valence-electron chi connectivity index (χ3n) is 4.30. The molecule has 6 heteroatoms. The van der Waals surface area contributed by atoms with E-state index in [4.69, 9.17) is 5.11 Å². The fraction of sp³-hybridized carbons (Fsp3) is 0.800. The number of carboxylic acids is 1. The van der Waals surface area contributed by atoms with Crippen LogP contribution in [0.25, 0.3) is 0 Å². The summed E-state index contributed by atoms with van der Waals surface area (Å²) in [6.45, 7) is 3.87. The number of carboxylic acid groups (broad SMARTS) is 1. The molecule has 0 spiro atoms. The quantitative estimate of drug-likeness (QED) is 0.792. The Kier molecular flexibility index (Phi) is 5.20. The molecule has 0 bridgehead atoms. The Morgan fingerprint density at radius 1 is 1.19 bits per heavy atom. The van der Waals surface area contributed by atoms with Gasteiger partial charge in [0.25, 0.3) is 0 Å². The summed E-state index contributed by atoms with van der Waals surface area (Å²) >= 11 is 0. The van der Waals surface area contributed by atoms with Crippen LogP contribution in [0, 0.1) is 11.8 Å². The molecule has 2 fully saturated rings. The van der Waals surface area contributed by atoms with Gasteiger partial charge in [0.1, 0.15) is 0 Å². The molecule has 2 aliphatic rings. The number of carbonyl (C=O) groups is 3. The van der Waals surface area contributed by atoms with Gasteiger partial charge in [-0.05, 0) is 32.6 Å². The molecule has 1 atom stereocenters. The lowest BCUT2D eigenvalue weighted by molar-refractivity contribution is -0.142.